The Balaban J connectivity index is 0.00000161. The molecular formula is C14H8Br2ClN3O. The van der Waals surface area contributed by atoms with Crippen LogP contribution in [0.15, 0.2) is 43.9 Å². The molecule has 2 heterocycles. The molecule has 0 unspecified atom stereocenters. The summed E-state index contributed by atoms with van der Waals surface area (Å²) < 4.78 is 6.83. The minimum absolute atomic E-state index is 0. The first-order chi connectivity index (χ1) is 9.67. The van der Waals surface area contributed by atoms with E-state index in [0.717, 1.165) is 15.5 Å². The molecular weight excluding hydrogens is 421 g/mol. The van der Waals surface area contributed by atoms with E-state index in [1.807, 2.05) is 24.3 Å². The van der Waals surface area contributed by atoms with Crippen LogP contribution in [0.5, 0.6) is 0 Å². The fourth-order valence-electron chi connectivity index (χ4n) is 1.81. The van der Waals surface area contributed by atoms with E-state index in [1.165, 1.54) is 0 Å². The molecule has 106 valence electrons. The van der Waals surface area contributed by atoms with Gasteiger partial charge in [0, 0.05) is 6.08 Å². The second-order valence-corrected chi connectivity index (χ2v) is 5.62. The standard InChI is InChI=1S/C14H7Br2N3O.ClH/c15-10-6-9(20-13(10)16)5-8(7-17)14-18-11-3-1-2-4-12(11)19-14;/h1-6H,(H,18,19);1H/b8-5+;. The van der Waals surface area contributed by atoms with Crippen molar-refractivity contribution in [2.75, 3.05) is 0 Å². The maximum absolute atomic E-state index is 9.30. The van der Waals surface area contributed by atoms with Crippen LogP contribution in [0, 0.1) is 11.3 Å². The third-order valence-corrected chi connectivity index (χ3v) is 4.43. The molecule has 21 heavy (non-hydrogen) atoms. The molecule has 4 nitrogen and oxygen atoms in total. The summed E-state index contributed by atoms with van der Waals surface area (Å²) in [5.41, 5.74) is 2.13. The number of aromatic amines is 1. The minimum Gasteiger partial charge on any atom is -0.449 e. The van der Waals surface area contributed by atoms with Crippen molar-refractivity contribution < 1.29 is 4.42 Å². The highest BCUT2D eigenvalue weighted by atomic mass is 79.9. The molecule has 0 aliphatic heterocycles. The third-order valence-electron chi connectivity index (χ3n) is 2.72. The Hall–Kier alpha value is -1.55. The fraction of sp³-hybridized carbons (Fsp3) is 0. The van der Waals surface area contributed by atoms with Crippen LogP contribution in [-0.4, -0.2) is 9.97 Å². The lowest BCUT2D eigenvalue weighted by Crippen LogP contribution is -1.83. The van der Waals surface area contributed by atoms with Gasteiger partial charge in [-0.15, -0.1) is 12.4 Å². The third kappa shape index (κ3) is 3.21. The van der Waals surface area contributed by atoms with Crippen molar-refractivity contribution in [2.24, 2.45) is 0 Å². The molecule has 0 aliphatic carbocycles. The number of fused-ring (bicyclic) bond motifs is 1. The van der Waals surface area contributed by atoms with Gasteiger partial charge in [-0.2, -0.15) is 5.26 Å². The van der Waals surface area contributed by atoms with Gasteiger partial charge in [0.15, 0.2) is 4.67 Å². The van der Waals surface area contributed by atoms with E-state index in [2.05, 4.69) is 47.9 Å². The number of aromatic nitrogens is 2. The number of rotatable bonds is 2. The van der Waals surface area contributed by atoms with E-state index in [9.17, 15) is 5.26 Å². The molecule has 2 aromatic heterocycles. The van der Waals surface area contributed by atoms with Crippen molar-refractivity contribution in [2.45, 2.75) is 0 Å². The van der Waals surface area contributed by atoms with Crippen molar-refractivity contribution in [3.05, 3.63) is 51.1 Å². The molecule has 0 saturated carbocycles. The SMILES string of the molecule is Cl.N#C/C(=C\c1cc(Br)c(Br)o1)c1nc2ccccc2[nH]1. The van der Waals surface area contributed by atoms with Gasteiger partial charge in [-0.05, 0) is 50.1 Å². The quantitative estimate of drug-likeness (QED) is 0.572. The van der Waals surface area contributed by atoms with E-state index in [-0.39, 0.29) is 12.4 Å². The van der Waals surface area contributed by atoms with Gasteiger partial charge in [0.1, 0.15) is 17.7 Å². The molecule has 1 aromatic carbocycles. The van der Waals surface area contributed by atoms with Gasteiger partial charge >= 0.3 is 0 Å². The van der Waals surface area contributed by atoms with Crippen LogP contribution < -0.4 is 0 Å². The number of nitrogens with zero attached hydrogens (tertiary/aromatic N) is 2. The molecule has 0 fully saturated rings. The first-order valence-corrected chi connectivity index (χ1v) is 7.28. The van der Waals surface area contributed by atoms with Gasteiger partial charge in [0.25, 0.3) is 0 Å². The molecule has 0 spiro atoms. The zero-order valence-corrected chi connectivity index (χ0v) is 14.4. The van der Waals surface area contributed by atoms with E-state index in [0.29, 0.717) is 21.8 Å². The molecule has 3 aromatic rings. The molecule has 0 aliphatic rings. The Morgan fingerprint density at radius 2 is 2.10 bits per heavy atom. The lowest BCUT2D eigenvalue weighted by atomic mass is 10.2. The van der Waals surface area contributed by atoms with Gasteiger partial charge in [-0.3, -0.25) is 0 Å². The molecule has 0 amide bonds. The normalized spacial score (nSPS) is 11.2. The maximum atomic E-state index is 9.30. The highest BCUT2D eigenvalue weighted by Crippen LogP contribution is 2.29. The first-order valence-electron chi connectivity index (χ1n) is 5.69. The molecule has 0 atom stereocenters. The molecule has 0 radical (unpaired) electrons. The molecule has 0 saturated heterocycles. The summed E-state index contributed by atoms with van der Waals surface area (Å²) in [6.45, 7) is 0. The number of hydrogen-bond acceptors (Lipinski definition) is 3. The zero-order valence-electron chi connectivity index (χ0n) is 10.4. The average Bonchev–Trinajstić information content (AvgIpc) is 3.00. The van der Waals surface area contributed by atoms with E-state index < -0.39 is 0 Å². The summed E-state index contributed by atoms with van der Waals surface area (Å²) in [4.78, 5) is 7.52. The maximum Gasteiger partial charge on any atom is 0.184 e. The number of H-pyrrole nitrogens is 1. The predicted octanol–water partition coefficient (Wildman–Crippen LogP) is 5.17. The van der Waals surface area contributed by atoms with Crippen LogP contribution in [0.3, 0.4) is 0 Å². The van der Waals surface area contributed by atoms with E-state index in [1.54, 1.807) is 12.1 Å². The topological polar surface area (TPSA) is 65.6 Å². The van der Waals surface area contributed by atoms with Crippen LogP contribution >= 0.6 is 44.3 Å². The Labute approximate surface area is 143 Å². The summed E-state index contributed by atoms with van der Waals surface area (Å²) in [5.74, 6) is 1.10. The largest absolute Gasteiger partial charge is 0.449 e. The predicted molar refractivity (Wildman–Crippen MR) is 90.9 cm³/mol. The number of furan rings is 1. The van der Waals surface area contributed by atoms with Crippen molar-refractivity contribution in [3.63, 3.8) is 0 Å². The average molecular weight is 429 g/mol. The van der Waals surface area contributed by atoms with Gasteiger partial charge in [-0.1, -0.05) is 12.1 Å². The zero-order chi connectivity index (χ0) is 14.1. The number of halogens is 3. The molecule has 0 bridgehead atoms. The van der Waals surface area contributed by atoms with Gasteiger partial charge in [0.05, 0.1) is 21.1 Å². The Morgan fingerprint density at radius 1 is 1.33 bits per heavy atom. The number of nitriles is 1. The summed E-state index contributed by atoms with van der Waals surface area (Å²) in [5, 5.41) is 9.30. The van der Waals surface area contributed by atoms with E-state index in [4.69, 9.17) is 4.42 Å². The van der Waals surface area contributed by atoms with Crippen molar-refractivity contribution in [1.29, 1.82) is 5.26 Å². The van der Waals surface area contributed by atoms with Crippen molar-refractivity contribution in [3.8, 4) is 6.07 Å². The monoisotopic (exact) mass is 427 g/mol. The van der Waals surface area contributed by atoms with Gasteiger partial charge in [-0.25, -0.2) is 4.98 Å². The van der Waals surface area contributed by atoms with Crippen LogP contribution in [0.2, 0.25) is 0 Å². The highest BCUT2D eigenvalue weighted by molar-refractivity contribution is 9.13. The van der Waals surface area contributed by atoms with Gasteiger partial charge in [0.2, 0.25) is 0 Å². The molecule has 3 rings (SSSR count). The summed E-state index contributed by atoms with van der Waals surface area (Å²) in [7, 11) is 0. The lowest BCUT2D eigenvalue weighted by Gasteiger charge is -1.91. The molecule has 7 heteroatoms. The summed E-state index contributed by atoms with van der Waals surface area (Å²) in [6, 6.07) is 11.5. The molecule has 1 N–H and O–H groups in total. The number of hydrogen-bond donors (Lipinski definition) is 1. The van der Waals surface area contributed by atoms with Crippen LogP contribution in [-0.2, 0) is 0 Å². The summed E-state index contributed by atoms with van der Waals surface area (Å²) >= 11 is 6.60. The number of nitrogens with one attached hydrogen (secondary N) is 1. The Kier molecular flexibility index (Phi) is 4.88. The minimum atomic E-state index is 0. The lowest BCUT2D eigenvalue weighted by molar-refractivity contribution is 0.530. The van der Waals surface area contributed by atoms with Crippen LogP contribution in [0.4, 0.5) is 0 Å². The second-order valence-electron chi connectivity index (χ2n) is 4.04. The number of imidazole rings is 1. The highest BCUT2D eigenvalue weighted by Gasteiger charge is 2.10. The second kappa shape index (κ2) is 6.48. The number of allylic oxidation sites excluding steroid dienone is 1. The van der Waals surface area contributed by atoms with Crippen molar-refractivity contribution >= 4 is 66.9 Å². The van der Waals surface area contributed by atoms with Crippen molar-refractivity contribution in [1.82, 2.24) is 9.97 Å². The smallest absolute Gasteiger partial charge is 0.184 e. The first kappa shape index (κ1) is 15.8. The number of benzene rings is 1. The Bertz CT molecular complexity index is 808. The fourth-order valence-corrected chi connectivity index (χ4v) is 2.42. The van der Waals surface area contributed by atoms with Crippen LogP contribution in [0.1, 0.15) is 11.6 Å². The van der Waals surface area contributed by atoms with Crippen LogP contribution in [0.25, 0.3) is 22.7 Å². The number of para-hydroxylation sites is 2. The van der Waals surface area contributed by atoms with Gasteiger partial charge < -0.3 is 9.40 Å². The summed E-state index contributed by atoms with van der Waals surface area (Å²) in [6.07, 6.45) is 1.65. The van der Waals surface area contributed by atoms with E-state index >= 15 is 0 Å². The Morgan fingerprint density at radius 3 is 2.71 bits per heavy atom.